The number of hydrogen-bond acceptors (Lipinski definition) is 3. The van der Waals surface area contributed by atoms with Crippen molar-refractivity contribution in [1.29, 1.82) is 0 Å². The molecule has 2 N–H and O–H groups in total. The summed E-state index contributed by atoms with van der Waals surface area (Å²) in [5.74, 6) is 0.0471. The zero-order valence-corrected chi connectivity index (χ0v) is 15.3. The van der Waals surface area contributed by atoms with E-state index in [9.17, 15) is 4.79 Å². The predicted octanol–water partition coefficient (Wildman–Crippen LogP) is 2.85. The molecule has 0 radical (unpaired) electrons. The monoisotopic (exact) mass is 370 g/mol. The lowest BCUT2D eigenvalue weighted by molar-refractivity contribution is -0.132. The first-order chi connectivity index (χ1) is 12.3. The van der Waals surface area contributed by atoms with Crippen LogP contribution in [0.15, 0.2) is 60.9 Å². The SMILES string of the molecule is Cl.O=C(NCc1ccc2ccccc2c1)C1(n2cccn2)CCNCC1. The van der Waals surface area contributed by atoms with Gasteiger partial charge in [-0.05, 0) is 54.4 Å². The van der Waals surface area contributed by atoms with Crippen LogP contribution in [0.4, 0.5) is 0 Å². The fraction of sp³-hybridized carbons (Fsp3) is 0.300. The molecule has 0 spiro atoms. The number of fused-ring (bicyclic) bond motifs is 1. The van der Waals surface area contributed by atoms with E-state index in [4.69, 9.17) is 0 Å². The first kappa shape index (κ1) is 18.4. The largest absolute Gasteiger partial charge is 0.350 e. The van der Waals surface area contributed by atoms with Crippen molar-refractivity contribution in [2.24, 2.45) is 0 Å². The van der Waals surface area contributed by atoms with Crippen molar-refractivity contribution < 1.29 is 4.79 Å². The van der Waals surface area contributed by atoms with Crippen molar-refractivity contribution in [1.82, 2.24) is 20.4 Å². The van der Waals surface area contributed by atoms with E-state index in [1.807, 2.05) is 29.1 Å². The summed E-state index contributed by atoms with van der Waals surface area (Å²) in [6.07, 6.45) is 5.12. The summed E-state index contributed by atoms with van der Waals surface area (Å²) in [6, 6.07) is 16.5. The van der Waals surface area contributed by atoms with Crippen LogP contribution in [-0.2, 0) is 16.9 Å². The van der Waals surface area contributed by atoms with Crippen LogP contribution in [0.2, 0.25) is 0 Å². The molecule has 1 aliphatic rings. The number of amides is 1. The third kappa shape index (κ3) is 3.45. The van der Waals surface area contributed by atoms with Gasteiger partial charge in [-0.1, -0.05) is 36.4 Å². The minimum Gasteiger partial charge on any atom is -0.350 e. The summed E-state index contributed by atoms with van der Waals surface area (Å²) in [7, 11) is 0. The number of aromatic nitrogens is 2. The minimum atomic E-state index is -0.592. The van der Waals surface area contributed by atoms with Gasteiger partial charge in [0.15, 0.2) is 0 Å². The molecule has 1 aromatic heterocycles. The Morgan fingerprint density at radius 2 is 1.88 bits per heavy atom. The Labute approximate surface area is 159 Å². The van der Waals surface area contributed by atoms with Crippen LogP contribution in [0.1, 0.15) is 18.4 Å². The molecule has 3 aromatic rings. The maximum absolute atomic E-state index is 13.1. The molecule has 1 saturated heterocycles. The van der Waals surface area contributed by atoms with Gasteiger partial charge < -0.3 is 10.6 Å². The molecular weight excluding hydrogens is 348 g/mol. The first-order valence-corrected chi connectivity index (χ1v) is 8.75. The molecule has 1 amide bonds. The van der Waals surface area contributed by atoms with Gasteiger partial charge in [-0.15, -0.1) is 12.4 Å². The fourth-order valence-electron chi connectivity index (χ4n) is 3.62. The van der Waals surface area contributed by atoms with Gasteiger partial charge in [0.1, 0.15) is 5.54 Å². The van der Waals surface area contributed by atoms with Crippen molar-refractivity contribution in [3.8, 4) is 0 Å². The molecule has 0 saturated carbocycles. The Morgan fingerprint density at radius 3 is 2.62 bits per heavy atom. The lowest BCUT2D eigenvalue weighted by atomic mass is 9.87. The van der Waals surface area contributed by atoms with Crippen molar-refractivity contribution >= 4 is 29.1 Å². The van der Waals surface area contributed by atoms with Crippen LogP contribution in [0, 0.1) is 0 Å². The standard InChI is InChI=1S/C20H22N4O.ClH/c25-19(20(8-11-21-12-9-20)24-13-3-10-23-24)22-15-16-6-7-17-4-1-2-5-18(17)14-16;/h1-7,10,13-14,21H,8-9,11-12,15H2,(H,22,25);1H. The van der Waals surface area contributed by atoms with Gasteiger partial charge in [0.2, 0.25) is 5.91 Å². The van der Waals surface area contributed by atoms with Gasteiger partial charge in [0, 0.05) is 18.9 Å². The van der Waals surface area contributed by atoms with Gasteiger partial charge in [-0.2, -0.15) is 5.10 Å². The highest BCUT2D eigenvalue weighted by Gasteiger charge is 2.41. The maximum atomic E-state index is 13.1. The van der Waals surface area contributed by atoms with E-state index < -0.39 is 5.54 Å². The summed E-state index contributed by atoms with van der Waals surface area (Å²) in [5, 5.41) is 13.2. The molecule has 26 heavy (non-hydrogen) atoms. The zero-order chi connectivity index (χ0) is 17.1. The molecule has 0 unspecified atom stereocenters. The number of carbonyl (C=O) groups excluding carboxylic acids is 1. The molecule has 1 aliphatic heterocycles. The van der Waals surface area contributed by atoms with E-state index in [0.717, 1.165) is 31.5 Å². The lowest BCUT2D eigenvalue weighted by Crippen LogP contribution is -2.54. The van der Waals surface area contributed by atoms with Crippen LogP contribution >= 0.6 is 12.4 Å². The zero-order valence-electron chi connectivity index (χ0n) is 14.5. The molecule has 5 nitrogen and oxygen atoms in total. The molecule has 4 rings (SSSR count). The second-order valence-electron chi connectivity index (χ2n) is 6.60. The normalized spacial score (nSPS) is 16.0. The van der Waals surface area contributed by atoms with E-state index >= 15 is 0 Å². The second kappa shape index (κ2) is 7.89. The van der Waals surface area contributed by atoms with Crippen LogP contribution < -0.4 is 10.6 Å². The Balaban J connectivity index is 0.00000196. The van der Waals surface area contributed by atoms with Crippen LogP contribution in [0.25, 0.3) is 10.8 Å². The lowest BCUT2D eigenvalue weighted by Gasteiger charge is -2.36. The van der Waals surface area contributed by atoms with Crippen LogP contribution in [0.3, 0.4) is 0 Å². The summed E-state index contributed by atoms with van der Waals surface area (Å²) >= 11 is 0. The molecular formula is C20H23ClN4O. The van der Waals surface area contributed by atoms with E-state index in [0.29, 0.717) is 6.54 Å². The molecule has 136 valence electrons. The minimum absolute atomic E-state index is 0. The summed E-state index contributed by atoms with van der Waals surface area (Å²) in [4.78, 5) is 13.1. The summed E-state index contributed by atoms with van der Waals surface area (Å²) < 4.78 is 1.82. The highest BCUT2D eigenvalue weighted by Crippen LogP contribution is 2.27. The number of nitrogens with zero attached hydrogens (tertiary/aromatic N) is 2. The highest BCUT2D eigenvalue weighted by molar-refractivity contribution is 5.86. The van der Waals surface area contributed by atoms with Gasteiger partial charge in [0.05, 0.1) is 0 Å². The Morgan fingerprint density at radius 1 is 1.12 bits per heavy atom. The maximum Gasteiger partial charge on any atom is 0.248 e. The molecule has 0 bridgehead atoms. The molecule has 0 aliphatic carbocycles. The van der Waals surface area contributed by atoms with Crippen LogP contribution in [0.5, 0.6) is 0 Å². The average Bonchev–Trinajstić information content (AvgIpc) is 3.22. The van der Waals surface area contributed by atoms with Crippen molar-refractivity contribution in [2.45, 2.75) is 24.9 Å². The number of carbonyl (C=O) groups is 1. The third-order valence-electron chi connectivity index (χ3n) is 5.06. The van der Waals surface area contributed by atoms with E-state index in [1.54, 1.807) is 6.20 Å². The Bertz CT molecular complexity index is 872. The van der Waals surface area contributed by atoms with E-state index in [-0.39, 0.29) is 18.3 Å². The average molecular weight is 371 g/mol. The number of benzene rings is 2. The molecule has 0 atom stereocenters. The Hall–Kier alpha value is -2.37. The number of piperidine rings is 1. The van der Waals surface area contributed by atoms with E-state index in [1.165, 1.54) is 10.8 Å². The number of halogens is 1. The second-order valence-corrected chi connectivity index (χ2v) is 6.60. The molecule has 2 aromatic carbocycles. The van der Waals surface area contributed by atoms with Gasteiger partial charge >= 0.3 is 0 Å². The molecule has 2 heterocycles. The Kier molecular flexibility index (Phi) is 5.59. The summed E-state index contributed by atoms with van der Waals surface area (Å²) in [6.45, 7) is 2.17. The van der Waals surface area contributed by atoms with Gasteiger partial charge in [0.25, 0.3) is 0 Å². The van der Waals surface area contributed by atoms with Crippen molar-refractivity contribution in [3.05, 3.63) is 66.5 Å². The van der Waals surface area contributed by atoms with Gasteiger partial charge in [-0.3, -0.25) is 9.48 Å². The highest BCUT2D eigenvalue weighted by atomic mass is 35.5. The number of nitrogens with one attached hydrogen (secondary N) is 2. The molecule has 6 heteroatoms. The van der Waals surface area contributed by atoms with Crippen molar-refractivity contribution in [2.75, 3.05) is 13.1 Å². The molecule has 1 fully saturated rings. The quantitative estimate of drug-likeness (QED) is 0.742. The topological polar surface area (TPSA) is 59.0 Å². The van der Waals surface area contributed by atoms with Crippen molar-refractivity contribution in [3.63, 3.8) is 0 Å². The van der Waals surface area contributed by atoms with Crippen LogP contribution in [-0.4, -0.2) is 28.8 Å². The fourth-order valence-corrected chi connectivity index (χ4v) is 3.62. The number of hydrogen-bond donors (Lipinski definition) is 2. The number of rotatable bonds is 4. The first-order valence-electron chi connectivity index (χ1n) is 8.75. The summed E-state index contributed by atoms with van der Waals surface area (Å²) in [5.41, 5.74) is 0.516. The predicted molar refractivity (Wildman–Crippen MR) is 105 cm³/mol. The smallest absolute Gasteiger partial charge is 0.248 e. The van der Waals surface area contributed by atoms with Gasteiger partial charge in [-0.25, -0.2) is 0 Å². The third-order valence-corrected chi connectivity index (χ3v) is 5.06. The van der Waals surface area contributed by atoms with E-state index in [2.05, 4.69) is 46.1 Å².